The van der Waals surface area contributed by atoms with E-state index in [0.29, 0.717) is 24.2 Å². The minimum atomic E-state index is -0.0894. The molecule has 0 saturated carbocycles. The Balaban J connectivity index is 1.69. The summed E-state index contributed by atoms with van der Waals surface area (Å²) in [7, 11) is 0. The zero-order valence-electron chi connectivity index (χ0n) is 11.4. The molecule has 2 aromatic heterocycles. The van der Waals surface area contributed by atoms with Crippen molar-refractivity contribution in [3.8, 4) is 0 Å². The molecule has 0 saturated heterocycles. The van der Waals surface area contributed by atoms with Crippen molar-refractivity contribution in [2.24, 2.45) is 0 Å². The molecule has 3 aromatic rings. The van der Waals surface area contributed by atoms with E-state index in [2.05, 4.69) is 25.9 Å². The topological polar surface area (TPSA) is 85.2 Å². The van der Waals surface area contributed by atoms with Crippen molar-refractivity contribution in [1.29, 1.82) is 0 Å². The SMILES string of the molecule is Nc1ncc2c(n1)CN(C(=O)c1coc3c(Br)cccc13)C2. The molecule has 0 radical (unpaired) electrons. The van der Waals surface area contributed by atoms with Gasteiger partial charge in [-0.25, -0.2) is 9.97 Å². The van der Waals surface area contributed by atoms with Crippen molar-refractivity contribution >= 4 is 38.8 Å². The maximum atomic E-state index is 12.8. The maximum Gasteiger partial charge on any atom is 0.258 e. The molecule has 2 N–H and O–H groups in total. The zero-order chi connectivity index (χ0) is 15.3. The van der Waals surface area contributed by atoms with Crippen LogP contribution in [0, 0.1) is 0 Å². The molecule has 1 aliphatic rings. The number of benzene rings is 1. The second-order valence-electron chi connectivity index (χ2n) is 5.13. The van der Waals surface area contributed by atoms with Crippen LogP contribution in [0.5, 0.6) is 0 Å². The summed E-state index contributed by atoms with van der Waals surface area (Å²) in [6, 6.07) is 5.63. The normalized spacial score (nSPS) is 13.6. The van der Waals surface area contributed by atoms with Gasteiger partial charge in [0, 0.05) is 23.7 Å². The largest absolute Gasteiger partial charge is 0.462 e. The molecule has 0 spiro atoms. The Morgan fingerprint density at radius 3 is 3.09 bits per heavy atom. The third kappa shape index (κ3) is 1.97. The highest BCUT2D eigenvalue weighted by molar-refractivity contribution is 9.10. The van der Waals surface area contributed by atoms with E-state index >= 15 is 0 Å². The highest BCUT2D eigenvalue weighted by Crippen LogP contribution is 2.30. The molecule has 7 heteroatoms. The van der Waals surface area contributed by atoms with Gasteiger partial charge < -0.3 is 15.1 Å². The van der Waals surface area contributed by atoms with Gasteiger partial charge in [0.05, 0.1) is 22.3 Å². The summed E-state index contributed by atoms with van der Waals surface area (Å²) in [6.07, 6.45) is 3.18. The van der Waals surface area contributed by atoms with E-state index in [1.165, 1.54) is 6.26 Å². The number of para-hydroxylation sites is 1. The lowest BCUT2D eigenvalue weighted by Gasteiger charge is -2.13. The molecular weight excluding hydrogens is 348 g/mol. The van der Waals surface area contributed by atoms with Crippen molar-refractivity contribution in [2.75, 3.05) is 5.73 Å². The number of amides is 1. The van der Waals surface area contributed by atoms with Gasteiger partial charge in [-0.15, -0.1) is 0 Å². The highest BCUT2D eigenvalue weighted by atomic mass is 79.9. The second kappa shape index (κ2) is 4.81. The van der Waals surface area contributed by atoms with Crippen molar-refractivity contribution in [3.63, 3.8) is 0 Å². The minimum absolute atomic E-state index is 0.0894. The summed E-state index contributed by atoms with van der Waals surface area (Å²) < 4.78 is 6.34. The summed E-state index contributed by atoms with van der Waals surface area (Å²) >= 11 is 3.42. The molecule has 1 aliphatic heterocycles. The van der Waals surface area contributed by atoms with Crippen LogP contribution in [-0.4, -0.2) is 20.8 Å². The van der Waals surface area contributed by atoms with Gasteiger partial charge in [0.25, 0.3) is 5.91 Å². The predicted molar refractivity (Wildman–Crippen MR) is 83.9 cm³/mol. The minimum Gasteiger partial charge on any atom is -0.462 e. The Hall–Kier alpha value is -2.41. The molecule has 0 aliphatic carbocycles. The average Bonchev–Trinajstić information content (AvgIpc) is 3.10. The van der Waals surface area contributed by atoms with E-state index in [-0.39, 0.29) is 11.9 Å². The lowest BCUT2D eigenvalue weighted by molar-refractivity contribution is 0.0751. The third-order valence-electron chi connectivity index (χ3n) is 3.74. The molecule has 110 valence electrons. The smallest absolute Gasteiger partial charge is 0.258 e. The summed E-state index contributed by atoms with van der Waals surface area (Å²) in [4.78, 5) is 22.6. The van der Waals surface area contributed by atoms with E-state index in [9.17, 15) is 4.79 Å². The van der Waals surface area contributed by atoms with Crippen molar-refractivity contribution in [3.05, 3.63) is 52.0 Å². The Kier molecular flexibility index (Phi) is 2.90. The van der Waals surface area contributed by atoms with Crippen LogP contribution in [-0.2, 0) is 13.1 Å². The van der Waals surface area contributed by atoms with Crippen LogP contribution < -0.4 is 5.73 Å². The van der Waals surface area contributed by atoms with Crippen LogP contribution in [0.15, 0.2) is 39.5 Å². The first-order valence-corrected chi connectivity index (χ1v) is 7.48. The molecule has 1 amide bonds. The molecular formula is C15H11BrN4O2. The summed E-state index contributed by atoms with van der Waals surface area (Å²) in [5, 5.41) is 0.793. The molecule has 22 heavy (non-hydrogen) atoms. The van der Waals surface area contributed by atoms with Crippen LogP contribution in [0.2, 0.25) is 0 Å². The Labute approximate surface area is 134 Å². The second-order valence-corrected chi connectivity index (χ2v) is 5.98. The van der Waals surface area contributed by atoms with Gasteiger partial charge in [0.15, 0.2) is 0 Å². The fourth-order valence-electron chi connectivity index (χ4n) is 2.67. The molecule has 0 bridgehead atoms. The fourth-order valence-corrected chi connectivity index (χ4v) is 3.13. The van der Waals surface area contributed by atoms with Gasteiger partial charge in [-0.05, 0) is 22.0 Å². The Morgan fingerprint density at radius 1 is 1.36 bits per heavy atom. The number of carbonyl (C=O) groups is 1. The van der Waals surface area contributed by atoms with Crippen molar-refractivity contribution in [2.45, 2.75) is 13.1 Å². The first kappa shape index (κ1) is 13.3. The van der Waals surface area contributed by atoms with Gasteiger partial charge in [0.2, 0.25) is 5.95 Å². The monoisotopic (exact) mass is 358 g/mol. The third-order valence-corrected chi connectivity index (χ3v) is 4.37. The number of hydrogen-bond donors (Lipinski definition) is 1. The molecule has 0 atom stereocenters. The standard InChI is InChI=1S/C15H11BrN4O2/c16-11-3-1-2-9-10(7-22-13(9)11)14(21)20-5-8-4-18-15(17)19-12(8)6-20/h1-4,7H,5-6H2,(H2,17,18,19). The van der Waals surface area contributed by atoms with Crippen LogP contribution in [0.25, 0.3) is 11.0 Å². The highest BCUT2D eigenvalue weighted by Gasteiger charge is 2.28. The van der Waals surface area contributed by atoms with E-state index in [1.54, 1.807) is 11.1 Å². The summed E-state index contributed by atoms with van der Waals surface area (Å²) in [5.41, 5.74) is 8.54. The number of halogens is 1. The van der Waals surface area contributed by atoms with Crippen molar-refractivity contribution in [1.82, 2.24) is 14.9 Å². The number of hydrogen-bond acceptors (Lipinski definition) is 5. The zero-order valence-corrected chi connectivity index (χ0v) is 13.0. The number of rotatable bonds is 1. The molecule has 6 nitrogen and oxygen atoms in total. The maximum absolute atomic E-state index is 12.8. The van der Waals surface area contributed by atoms with Gasteiger partial charge in [0.1, 0.15) is 11.8 Å². The number of nitrogens with zero attached hydrogens (tertiary/aromatic N) is 3. The van der Waals surface area contributed by atoms with Crippen LogP contribution in [0.3, 0.4) is 0 Å². The lowest BCUT2D eigenvalue weighted by Crippen LogP contribution is -2.25. The van der Waals surface area contributed by atoms with Gasteiger partial charge in [-0.3, -0.25) is 4.79 Å². The number of fused-ring (bicyclic) bond motifs is 2. The Morgan fingerprint density at radius 2 is 2.23 bits per heavy atom. The van der Waals surface area contributed by atoms with E-state index < -0.39 is 0 Å². The molecule has 3 heterocycles. The van der Waals surface area contributed by atoms with Gasteiger partial charge in [-0.2, -0.15) is 0 Å². The average molecular weight is 359 g/mol. The molecule has 0 unspecified atom stereocenters. The summed E-state index contributed by atoms with van der Waals surface area (Å²) in [6.45, 7) is 0.913. The van der Waals surface area contributed by atoms with Gasteiger partial charge in [-0.1, -0.05) is 12.1 Å². The van der Waals surface area contributed by atoms with Crippen LogP contribution in [0.4, 0.5) is 5.95 Å². The number of carbonyl (C=O) groups excluding carboxylic acids is 1. The predicted octanol–water partition coefficient (Wildman–Crippen LogP) is 2.72. The number of nitrogens with two attached hydrogens (primary N) is 1. The number of aromatic nitrogens is 2. The van der Waals surface area contributed by atoms with Crippen molar-refractivity contribution < 1.29 is 9.21 Å². The Bertz CT molecular complexity index is 906. The molecule has 1 aromatic carbocycles. The van der Waals surface area contributed by atoms with Crippen LogP contribution >= 0.6 is 15.9 Å². The number of nitrogen functional groups attached to an aromatic ring is 1. The fraction of sp³-hybridized carbons (Fsp3) is 0.133. The van der Waals surface area contributed by atoms with E-state index in [1.807, 2.05) is 18.2 Å². The first-order valence-electron chi connectivity index (χ1n) is 6.69. The quantitative estimate of drug-likeness (QED) is 0.722. The lowest BCUT2D eigenvalue weighted by atomic mass is 10.1. The first-order chi connectivity index (χ1) is 10.6. The summed E-state index contributed by atoms with van der Waals surface area (Å²) in [5.74, 6) is 0.138. The van der Waals surface area contributed by atoms with Gasteiger partial charge >= 0.3 is 0 Å². The van der Waals surface area contributed by atoms with Crippen LogP contribution in [0.1, 0.15) is 21.6 Å². The van der Waals surface area contributed by atoms with E-state index in [0.717, 1.165) is 21.1 Å². The number of furan rings is 1. The van der Waals surface area contributed by atoms with E-state index in [4.69, 9.17) is 10.2 Å². The molecule has 4 rings (SSSR count). The molecule has 0 fully saturated rings. The number of anilines is 1.